The predicted molar refractivity (Wildman–Crippen MR) is 170 cm³/mol. The number of nitrogens with zero attached hydrogens (tertiary/aromatic N) is 4. The highest BCUT2D eigenvalue weighted by molar-refractivity contribution is 7.89. The molecule has 1 aliphatic heterocycles. The summed E-state index contributed by atoms with van der Waals surface area (Å²) in [4.78, 5) is 11.0. The van der Waals surface area contributed by atoms with Crippen molar-refractivity contribution in [3.05, 3.63) is 66.6 Å². The summed E-state index contributed by atoms with van der Waals surface area (Å²) in [6.07, 6.45) is 3.20. The average molecular weight is 650 g/mol. The fraction of sp³-hybridized carbons (Fsp3) is 0.448. The Bertz CT molecular complexity index is 1490. The summed E-state index contributed by atoms with van der Waals surface area (Å²) < 4.78 is 65.5. The standard InChI is InChI=1S/C29H41FN7O5PS/c1-3-41-43(38,4-2)42-22-21-36-18-14-26(15-19-36)37(20-16-31)44(39,40)27-11-9-25(10-12-27)34-29-32-17-13-28(35-29)33-24-7-5-23(30)6-8-24/h5-13,17,26H,3-4,14-16,18-22,31H2,1-2H3,(H2,32,33,34,35). The number of hydrogen-bond donors (Lipinski definition) is 3. The lowest BCUT2D eigenvalue weighted by Gasteiger charge is -2.37. The maximum absolute atomic E-state index is 13.7. The maximum Gasteiger partial charge on any atom is 0.330 e. The van der Waals surface area contributed by atoms with Crippen LogP contribution in [0.1, 0.15) is 26.7 Å². The number of benzene rings is 2. The predicted octanol–water partition coefficient (Wildman–Crippen LogP) is 4.78. The van der Waals surface area contributed by atoms with Crippen molar-refractivity contribution in [2.24, 2.45) is 5.73 Å². The van der Waals surface area contributed by atoms with Crippen molar-refractivity contribution < 1.29 is 26.4 Å². The zero-order chi connectivity index (χ0) is 31.6. The minimum Gasteiger partial charge on any atom is -0.340 e. The molecule has 3 aromatic rings. The Labute approximate surface area is 258 Å². The zero-order valence-electron chi connectivity index (χ0n) is 25.1. The number of aromatic nitrogens is 2. The number of halogens is 1. The van der Waals surface area contributed by atoms with E-state index < -0.39 is 17.6 Å². The zero-order valence-corrected chi connectivity index (χ0v) is 26.8. The van der Waals surface area contributed by atoms with Crippen LogP contribution in [0.5, 0.6) is 0 Å². The van der Waals surface area contributed by atoms with Crippen molar-refractivity contribution in [1.82, 2.24) is 19.2 Å². The summed E-state index contributed by atoms with van der Waals surface area (Å²) >= 11 is 0. The third-order valence-electron chi connectivity index (χ3n) is 7.21. The number of rotatable bonds is 16. The number of likely N-dealkylation sites (tertiary alicyclic amines) is 1. The third kappa shape index (κ3) is 9.27. The van der Waals surface area contributed by atoms with Gasteiger partial charge in [0.2, 0.25) is 16.0 Å². The van der Waals surface area contributed by atoms with Gasteiger partial charge in [-0.15, -0.1) is 0 Å². The number of nitrogens with two attached hydrogens (primary N) is 1. The van der Waals surface area contributed by atoms with E-state index in [-0.39, 0.29) is 29.8 Å². The largest absolute Gasteiger partial charge is 0.340 e. The second kappa shape index (κ2) is 15.8. The van der Waals surface area contributed by atoms with E-state index >= 15 is 0 Å². The lowest BCUT2D eigenvalue weighted by atomic mass is 10.1. The molecule has 4 rings (SSSR count). The van der Waals surface area contributed by atoms with Crippen LogP contribution in [-0.2, 0) is 23.6 Å². The molecule has 1 aromatic heterocycles. The van der Waals surface area contributed by atoms with E-state index in [1.54, 1.807) is 62.5 Å². The molecule has 2 aromatic carbocycles. The Kier molecular flexibility index (Phi) is 12.2. The smallest absolute Gasteiger partial charge is 0.330 e. The van der Waals surface area contributed by atoms with Gasteiger partial charge in [-0.05, 0) is 87.5 Å². The van der Waals surface area contributed by atoms with Crippen LogP contribution in [0.3, 0.4) is 0 Å². The normalized spacial score (nSPS) is 16.1. The maximum atomic E-state index is 13.7. The summed E-state index contributed by atoms with van der Waals surface area (Å²) in [6.45, 7) is 6.58. The van der Waals surface area contributed by atoms with E-state index in [0.29, 0.717) is 75.0 Å². The molecule has 1 saturated heterocycles. The van der Waals surface area contributed by atoms with Gasteiger partial charge in [0.15, 0.2) is 0 Å². The van der Waals surface area contributed by atoms with Gasteiger partial charge in [-0.3, -0.25) is 4.57 Å². The molecule has 2 heterocycles. The van der Waals surface area contributed by atoms with Crippen molar-refractivity contribution in [3.8, 4) is 0 Å². The second-order valence-electron chi connectivity index (χ2n) is 10.2. The number of nitrogens with one attached hydrogen (secondary N) is 2. The molecule has 12 nitrogen and oxygen atoms in total. The van der Waals surface area contributed by atoms with Crippen LogP contribution in [0.4, 0.5) is 27.5 Å². The van der Waals surface area contributed by atoms with E-state index in [9.17, 15) is 17.4 Å². The van der Waals surface area contributed by atoms with Crippen LogP contribution in [0.25, 0.3) is 0 Å². The first-order valence-electron chi connectivity index (χ1n) is 14.7. The van der Waals surface area contributed by atoms with E-state index in [0.717, 1.165) is 0 Å². The highest BCUT2D eigenvalue weighted by atomic mass is 32.2. The number of anilines is 4. The Hall–Kier alpha value is -2.97. The molecular weight excluding hydrogens is 608 g/mol. The van der Waals surface area contributed by atoms with Crippen LogP contribution in [0, 0.1) is 5.82 Å². The van der Waals surface area contributed by atoms with Gasteiger partial charge in [-0.2, -0.15) is 9.29 Å². The molecule has 0 aliphatic carbocycles. The van der Waals surface area contributed by atoms with Gasteiger partial charge in [0.25, 0.3) is 0 Å². The SMILES string of the molecule is CCOP(=O)(CC)OCCN1CCC(N(CCN)S(=O)(=O)c2ccc(Nc3nccc(Nc4ccc(F)cc4)n3)cc2)CC1. The van der Waals surface area contributed by atoms with Gasteiger partial charge >= 0.3 is 7.60 Å². The number of piperidine rings is 1. The Morgan fingerprint density at radius 2 is 1.68 bits per heavy atom. The molecule has 0 radical (unpaired) electrons. The minimum atomic E-state index is -3.80. The second-order valence-corrected chi connectivity index (χ2v) is 14.5. The topological polar surface area (TPSA) is 152 Å². The van der Waals surface area contributed by atoms with Gasteiger partial charge in [0.05, 0.1) is 18.1 Å². The monoisotopic (exact) mass is 649 g/mol. The van der Waals surface area contributed by atoms with Crippen LogP contribution in [-0.4, -0.2) is 85.7 Å². The van der Waals surface area contributed by atoms with E-state index in [4.69, 9.17) is 14.8 Å². The van der Waals surface area contributed by atoms with Gasteiger partial charge in [0, 0.05) is 49.4 Å². The molecule has 0 bridgehead atoms. The van der Waals surface area contributed by atoms with Crippen molar-refractivity contribution in [2.75, 3.05) is 62.7 Å². The Balaban J connectivity index is 1.34. The van der Waals surface area contributed by atoms with Gasteiger partial charge < -0.3 is 30.3 Å². The first-order chi connectivity index (χ1) is 21.2. The lowest BCUT2D eigenvalue weighted by Crippen LogP contribution is -2.49. The molecule has 4 N–H and O–H groups in total. The molecule has 0 saturated carbocycles. The Morgan fingerprint density at radius 3 is 2.32 bits per heavy atom. The van der Waals surface area contributed by atoms with Gasteiger partial charge in [-0.25, -0.2) is 17.8 Å². The van der Waals surface area contributed by atoms with Crippen LogP contribution < -0.4 is 16.4 Å². The summed E-state index contributed by atoms with van der Waals surface area (Å²) in [6, 6.07) is 13.8. The van der Waals surface area contributed by atoms with Crippen LogP contribution >= 0.6 is 7.60 Å². The van der Waals surface area contributed by atoms with Gasteiger partial charge in [0.1, 0.15) is 11.6 Å². The van der Waals surface area contributed by atoms with Crippen LogP contribution in [0.15, 0.2) is 65.7 Å². The Morgan fingerprint density at radius 1 is 1.02 bits per heavy atom. The molecule has 0 amide bonds. The quantitative estimate of drug-likeness (QED) is 0.184. The summed E-state index contributed by atoms with van der Waals surface area (Å²) in [5.41, 5.74) is 7.13. The fourth-order valence-corrected chi connectivity index (χ4v) is 7.82. The summed E-state index contributed by atoms with van der Waals surface area (Å²) in [5.74, 6) is 0.491. The highest BCUT2D eigenvalue weighted by Crippen LogP contribution is 2.47. The molecule has 15 heteroatoms. The van der Waals surface area contributed by atoms with E-state index in [1.165, 1.54) is 16.4 Å². The first-order valence-corrected chi connectivity index (χ1v) is 17.9. The van der Waals surface area contributed by atoms with Crippen molar-refractivity contribution in [2.45, 2.75) is 37.6 Å². The molecule has 0 spiro atoms. The first kappa shape index (κ1) is 33.9. The average Bonchev–Trinajstić information content (AvgIpc) is 3.02. The molecule has 1 aliphatic rings. The highest BCUT2D eigenvalue weighted by Gasteiger charge is 2.33. The van der Waals surface area contributed by atoms with Crippen LogP contribution in [0.2, 0.25) is 0 Å². The van der Waals surface area contributed by atoms with E-state index in [1.807, 2.05) is 0 Å². The van der Waals surface area contributed by atoms with Crippen molar-refractivity contribution in [3.63, 3.8) is 0 Å². The van der Waals surface area contributed by atoms with Crippen molar-refractivity contribution >= 4 is 40.8 Å². The molecule has 1 fully saturated rings. The van der Waals surface area contributed by atoms with E-state index in [2.05, 4.69) is 25.5 Å². The fourth-order valence-electron chi connectivity index (χ4n) is 4.93. The molecule has 240 valence electrons. The summed E-state index contributed by atoms with van der Waals surface area (Å²) in [7, 11) is -6.85. The third-order valence-corrected chi connectivity index (χ3v) is 11.2. The molecule has 44 heavy (non-hydrogen) atoms. The molecular formula is C29H41FN7O5PS. The van der Waals surface area contributed by atoms with Crippen molar-refractivity contribution in [1.29, 1.82) is 0 Å². The number of hydrogen-bond acceptors (Lipinski definition) is 11. The summed E-state index contributed by atoms with van der Waals surface area (Å²) in [5, 5.41) is 6.17. The molecule has 1 atom stereocenters. The van der Waals surface area contributed by atoms with Gasteiger partial charge in [-0.1, -0.05) is 6.92 Å². The number of sulfonamides is 1. The molecule has 1 unspecified atom stereocenters. The lowest BCUT2D eigenvalue weighted by molar-refractivity contribution is 0.130. The minimum absolute atomic E-state index is 0.172.